The molecule has 3 aliphatic rings. The first-order valence-electron chi connectivity index (χ1n) is 9.95. The number of aromatic nitrogens is 2. The van der Waals surface area contributed by atoms with E-state index in [1.165, 1.54) is 0 Å². The molecule has 7 nitrogen and oxygen atoms in total. The number of carbonyl (C=O) groups is 2. The van der Waals surface area contributed by atoms with Crippen LogP contribution in [0.25, 0.3) is 0 Å². The van der Waals surface area contributed by atoms with E-state index in [0.29, 0.717) is 26.2 Å². The molecule has 2 saturated heterocycles. The molecule has 4 rings (SSSR count). The zero-order chi connectivity index (χ0) is 18.1. The maximum atomic E-state index is 12.9. The summed E-state index contributed by atoms with van der Waals surface area (Å²) in [5, 5.41) is 4.38. The number of piperidine rings is 1. The number of rotatable bonds is 2. The average Bonchev–Trinajstić information content (AvgIpc) is 3.11. The van der Waals surface area contributed by atoms with E-state index in [2.05, 4.69) is 17.0 Å². The van der Waals surface area contributed by atoms with Crippen molar-refractivity contribution >= 4 is 11.8 Å². The van der Waals surface area contributed by atoms with Gasteiger partial charge in [-0.1, -0.05) is 0 Å². The van der Waals surface area contributed by atoms with E-state index in [0.717, 1.165) is 63.0 Å². The number of carbonyl (C=O) groups excluding carboxylic acids is 2. The van der Waals surface area contributed by atoms with Gasteiger partial charge in [-0.2, -0.15) is 5.10 Å². The van der Waals surface area contributed by atoms with Gasteiger partial charge in [-0.25, -0.2) is 0 Å². The lowest BCUT2D eigenvalue weighted by molar-refractivity contribution is -0.138. The monoisotopic (exact) mass is 359 g/mol. The van der Waals surface area contributed by atoms with Crippen molar-refractivity contribution in [1.29, 1.82) is 0 Å². The lowest BCUT2D eigenvalue weighted by Gasteiger charge is -2.38. The Kier molecular flexibility index (Phi) is 4.98. The minimum Gasteiger partial charge on any atom is -0.339 e. The third kappa shape index (κ3) is 3.37. The van der Waals surface area contributed by atoms with Crippen molar-refractivity contribution in [2.24, 2.45) is 5.92 Å². The molecule has 1 aromatic heterocycles. The minimum atomic E-state index is 0.0812. The Morgan fingerprint density at radius 3 is 2.54 bits per heavy atom. The molecule has 2 amide bonds. The SMILES string of the molecule is CN1CCCC(C(=O)N2CCN(C(=O)c3cnn4c3CCCC4)CC2)C1. The fraction of sp³-hybridized carbons (Fsp3) is 0.737. The molecule has 0 spiro atoms. The van der Waals surface area contributed by atoms with Crippen LogP contribution < -0.4 is 0 Å². The molecule has 1 unspecified atom stereocenters. The molecular formula is C19H29N5O2. The van der Waals surface area contributed by atoms with E-state index in [1.54, 1.807) is 6.20 Å². The third-order valence-corrected chi connectivity index (χ3v) is 6.06. The largest absolute Gasteiger partial charge is 0.339 e. The maximum Gasteiger partial charge on any atom is 0.257 e. The number of aryl methyl sites for hydroxylation is 1. The quantitative estimate of drug-likeness (QED) is 0.785. The zero-order valence-electron chi connectivity index (χ0n) is 15.7. The Labute approximate surface area is 154 Å². The summed E-state index contributed by atoms with van der Waals surface area (Å²) >= 11 is 0. The summed E-state index contributed by atoms with van der Waals surface area (Å²) in [6.45, 7) is 5.40. The maximum absolute atomic E-state index is 12.9. The van der Waals surface area contributed by atoms with Gasteiger partial charge in [-0.05, 0) is 45.7 Å². The molecule has 4 heterocycles. The van der Waals surface area contributed by atoms with Crippen molar-refractivity contribution in [2.75, 3.05) is 46.3 Å². The van der Waals surface area contributed by atoms with Crippen molar-refractivity contribution < 1.29 is 9.59 Å². The molecule has 0 aliphatic carbocycles. The summed E-state index contributed by atoms with van der Waals surface area (Å²) in [7, 11) is 2.09. The van der Waals surface area contributed by atoms with Crippen LogP contribution in [0, 0.1) is 5.92 Å². The van der Waals surface area contributed by atoms with Gasteiger partial charge < -0.3 is 14.7 Å². The van der Waals surface area contributed by atoms with Crippen LogP contribution in [-0.2, 0) is 17.8 Å². The molecule has 0 aromatic carbocycles. The van der Waals surface area contributed by atoms with Crippen molar-refractivity contribution in [3.63, 3.8) is 0 Å². The Balaban J connectivity index is 1.35. The first-order valence-corrected chi connectivity index (χ1v) is 9.95. The van der Waals surface area contributed by atoms with Gasteiger partial charge in [0, 0.05) is 39.3 Å². The molecule has 0 bridgehead atoms. The van der Waals surface area contributed by atoms with Crippen LogP contribution in [0.3, 0.4) is 0 Å². The normalized spacial score (nSPS) is 24.4. The van der Waals surface area contributed by atoms with Crippen molar-refractivity contribution in [2.45, 2.75) is 38.6 Å². The molecule has 26 heavy (non-hydrogen) atoms. The third-order valence-electron chi connectivity index (χ3n) is 6.06. The predicted octanol–water partition coefficient (Wildman–Crippen LogP) is 0.846. The van der Waals surface area contributed by atoms with Crippen LogP contribution in [0.4, 0.5) is 0 Å². The van der Waals surface area contributed by atoms with Gasteiger partial charge in [-0.3, -0.25) is 14.3 Å². The average molecular weight is 359 g/mol. The second-order valence-electron chi connectivity index (χ2n) is 7.90. The molecule has 1 atom stereocenters. The van der Waals surface area contributed by atoms with Crippen LogP contribution in [0.2, 0.25) is 0 Å². The van der Waals surface area contributed by atoms with Gasteiger partial charge in [0.15, 0.2) is 0 Å². The van der Waals surface area contributed by atoms with Crippen LogP contribution in [-0.4, -0.2) is 82.6 Å². The van der Waals surface area contributed by atoms with Crippen LogP contribution in [0.15, 0.2) is 6.20 Å². The smallest absolute Gasteiger partial charge is 0.257 e. The Bertz CT molecular complexity index is 677. The number of nitrogens with zero attached hydrogens (tertiary/aromatic N) is 5. The van der Waals surface area contributed by atoms with Gasteiger partial charge in [0.1, 0.15) is 0 Å². The summed E-state index contributed by atoms with van der Waals surface area (Å²) in [5.74, 6) is 0.475. The number of fused-ring (bicyclic) bond motifs is 1. The summed E-state index contributed by atoms with van der Waals surface area (Å²) < 4.78 is 1.98. The molecule has 2 fully saturated rings. The van der Waals surface area contributed by atoms with E-state index in [4.69, 9.17) is 0 Å². The molecule has 142 valence electrons. The summed E-state index contributed by atoms with van der Waals surface area (Å²) in [5.41, 5.74) is 1.85. The lowest BCUT2D eigenvalue weighted by atomic mass is 9.96. The van der Waals surface area contributed by atoms with E-state index in [1.807, 2.05) is 14.5 Å². The molecule has 3 aliphatic heterocycles. The van der Waals surface area contributed by atoms with Gasteiger partial charge >= 0.3 is 0 Å². The molecule has 1 aromatic rings. The standard InChI is InChI=1S/C19H29N5O2/c1-21-7-4-5-15(14-21)18(25)22-9-11-23(12-10-22)19(26)16-13-20-24-8-3-2-6-17(16)24/h13,15H,2-12,14H2,1H3. The molecule has 7 heteroatoms. The fourth-order valence-corrected chi connectivity index (χ4v) is 4.53. The van der Waals surface area contributed by atoms with E-state index in [9.17, 15) is 9.59 Å². The lowest BCUT2D eigenvalue weighted by Crippen LogP contribution is -2.53. The van der Waals surface area contributed by atoms with E-state index >= 15 is 0 Å². The molecule has 0 saturated carbocycles. The number of hydrogen-bond acceptors (Lipinski definition) is 4. The zero-order valence-corrected chi connectivity index (χ0v) is 15.7. The van der Waals surface area contributed by atoms with E-state index < -0.39 is 0 Å². The van der Waals surface area contributed by atoms with Crippen LogP contribution in [0.5, 0.6) is 0 Å². The van der Waals surface area contributed by atoms with Gasteiger partial charge in [0.25, 0.3) is 5.91 Å². The number of amides is 2. The number of hydrogen-bond donors (Lipinski definition) is 0. The minimum absolute atomic E-state index is 0.0812. The van der Waals surface area contributed by atoms with Crippen molar-refractivity contribution in [3.8, 4) is 0 Å². The number of piperazine rings is 1. The Morgan fingerprint density at radius 1 is 1.00 bits per heavy atom. The van der Waals surface area contributed by atoms with Crippen LogP contribution >= 0.6 is 0 Å². The van der Waals surface area contributed by atoms with E-state index in [-0.39, 0.29) is 17.7 Å². The first-order chi connectivity index (χ1) is 12.6. The second kappa shape index (κ2) is 7.39. The Hall–Kier alpha value is -1.89. The molecular weight excluding hydrogens is 330 g/mol. The second-order valence-corrected chi connectivity index (χ2v) is 7.90. The highest BCUT2D eigenvalue weighted by molar-refractivity contribution is 5.95. The van der Waals surface area contributed by atoms with Crippen LogP contribution in [0.1, 0.15) is 41.7 Å². The highest BCUT2D eigenvalue weighted by Crippen LogP contribution is 2.22. The first kappa shape index (κ1) is 17.5. The molecule has 0 N–H and O–H groups in total. The summed E-state index contributed by atoms with van der Waals surface area (Å²) in [6.07, 6.45) is 7.03. The van der Waals surface area contributed by atoms with Gasteiger partial charge in [0.05, 0.1) is 23.4 Å². The van der Waals surface area contributed by atoms with Gasteiger partial charge in [-0.15, -0.1) is 0 Å². The predicted molar refractivity (Wildman–Crippen MR) is 97.9 cm³/mol. The summed E-state index contributed by atoms with van der Waals surface area (Å²) in [6, 6.07) is 0. The number of likely N-dealkylation sites (tertiary alicyclic amines) is 1. The topological polar surface area (TPSA) is 61.7 Å². The van der Waals surface area contributed by atoms with Crippen molar-refractivity contribution in [1.82, 2.24) is 24.5 Å². The highest BCUT2D eigenvalue weighted by Gasteiger charge is 2.32. The molecule has 0 radical (unpaired) electrons. The van der Waals surface area contributed by atoms with Gasteiger partial charge in [0.2, 0.25) is 5.91 Å². The fourth-order valence-electron chi connectivity index (χ4n) is 4.53. The van der Waals surface area contributed by atoms with Crippen molar-refractivity contribution in [3.05, 3.63) is 17.5 Å². The summed E-state index contributed by atoms with van der Waals surface area (Å²) in [4.78, 5) is 31.8. The highest BCUT2D eigenvalue weighted by atomic mass is 16.2. The Morgan fingerprint density at radius 2 is 1.77 bits per heavy atom.